The lowest BCUT2D eigenvalue weighted by molar-refractivity contribution is 0.000589. The van der Waals surface area contributed by atoms with Crippen LogP contribution in [0.15, 0.2) is 18.2 Å². The summed E-state index contributed by atoms with van der Waals surface area (Å²) in [5.41, 5.74) is 2.45. The lowest BCUT2D eigenvalue weighted by Gasteiger charge is -2.39. The average molecular weight is 289 g/mol. The summed E-state index contributed by atoms with van der Waals surface area (Å²) >= 11 is 0. The summed E-state index contributed by atoms with van der Waals surface area (Å²) in [6, 6.07) is 6.51. The molecule has 0 bridgehead atoms. The molecule has 2 aliphatic heterocycles. The third-order valence-electron chi connectivity index (χ3n) is 4.81. The van der Waals surface area contributed by atoms with Crippen LogP contribution >= 0.6 is 0 Å². The molecule has 3 rings (SSSR count). The number of likely N-dealkylation sites (tertiary alicyclic amines) is 1. The van der Waals surface area contributed by atoms with Crippen LogP contribution in [0.5, 0.6) is 5.75 Å². The normalized spacial score (nSPS) is 27.0. The number of para-hydroxylation sites is 1. The van der Waals surface area contributed by atoms with Crippen LogP contribution in [0.1, 0.15) is 62.6 Å². The summed E-state index contributed by atoms with van der Waals surface area (Å²) in [7, 11) is 0. The standard InChI is InChI=1S/C18H27NO2/c1-13(2)14-8-7-9-15-17(16(20)12-21-18(14)15)19-10-5-3-4-6-11-19/h7-9,13,16-17,20H,3-6,10-12H2,1-2H3. The predicted molar refractivity (Wildman–Crippen MR) is 84.8 cm³/mol. The number of ether oxygens (including phenoxy) is 1. The van der Waals surface area contributed by atoms with Crippen LogP contribution < -0.4 is 4.74 Å². The second-order valence-electron chi connectivity index (χ2n) is 6.69. The molecule has 21 heavy (non-hydrogen) atoms. The van der Waals surface area contributed by atoms with E-state index in [9.17, 15) is 5.11 Å². The van der Waals surface area contributed by atoms with E-state index in [-0.39, 0.29) is 6.04 Å². The third kappa shape index (κ3) is 2.95. The first-order valence-corrected chi connectivity index (χ1v) is 8.36. The van der Waals surface area contributed by atoms with Crippen LogP contribution in [0.4, 0.5) is 0 Å². The maximum Gasteiger partial charge on any atom is 0.127 e. The Hall–Kier alpha value is -1.06. The average Bonchev–Trinajstić information content (AvgIpc) is 2.75. The van der Waals surface area contributed by atoms with Crippen LogP contribution in [-0.2, 0) is 0 Å². The van der Waals surface area contributed by atoms with Gasteiger partial charge in [0, 0.05) is 5.56 Å². The van der Waals surface area contributed by atoms with Crippen molar-refractivity contribution in [1.29, 1.82) is 0 Å². The second kappa shape index (κ2) is 6.37. The molecule has 1 aromatic carbocycles. The van der Waals surface area contributed by atoms with E-state index >= 15 is 0 Å². The Bertz CT molecular complexity index is 478. The SMILES string of the molecule is CC(C)c1cccc2c1OCC(O)C2N1CCCCCC1. The van der Waals surface area contributed by atoms with E-state index in [0.29, 0.717) is 12.5 Å². The van der Waals surface area contributed by atoms with Gasteiger partial charge in [-0.2, -0.15) is 0 Å². The highest BCUT2D eigenvalue weighted by Crippen LogP contribution is 2.41. The van der Waals surface area contributed by atoms with Crippen LogP contribution in [0.3, 0.4) is 0 Å². The zero-order valence-corrected chi connectivity index (χ0v) is 13.2. The first-order valence-electron chi connectivity index (χ1n) is 8.36. The fourth-order valence-corrected chi connectivity index (χ4v) is 3.71. The van der Waals surface area contributed by atoms with Gasteiger partial charge in [-0.3, -0.25) is 4.90 Å². The van der Waals surface area contributed by atoms with Crippen LogP contribution in [-0.4, -0.2) is 35.8 Å². The largest absolute Gasteiger partial charge is 0.490 e. The first kappa shape index (κ1) is 14.9. The quantitative estimate of drug-likeness (QED) is 0.904. The van der Waals surface area contributed by atoms with Gasteiger partial charge in [0.1, 0.15) is 18.5 Å². The molecular weight excluding hydrogens is 262 g/mol. The van der Waals surface area contributed by atoms with Gasteiger partial charge in [-0.1, -0.05) is 44.9 Å². The molecule has 0 radical (unpaired) electrons. The number of hydrogen-bond acceptors (Lipinski definition) is 3. The highest BCUT2D eigenvalue weighted by atomic mass is 16.5. The van der Waals surface area contributed by atoms with Crippen molar-refractivity contribution in [3.63, 3.8) is 0 Å². The lowest BCUT2D eigenvalue weighted by Crippen LogP contribution is -2.42. The van der Waals surface area contributed by atoms with E-state index in [1.165, 1.54) is 36.8 Å². The van der Waals surface area contributed by atoms with E-state index in [1.54, 1.807) is 0 Å². The molecule has 2 aliphatic rings. The van der Waals surface area contributed by atoms with Crippen molar-refractivity contribution in [3.05, 3.63) is 29.3 Å². The molecule has 0 saturated carbocycles. The number of benzene rings is 1. The van der Waals surface area contributed by atoms with Gasteiger partial charge in [0.2, 0.25) is 0 Å². The molecule has 1 aromatic rings. The Balaban J connectivity index is 1.96. The minimum absolute atomic E-state index is 0.102. The van der Waals surface area contributed by atoms with Crippen molar-refractivity contribution in [2.45, 2.75) is 57.6 Å². The van der Waals surface area contributed by atoms with E-state index in [0.717, 1.165) is 18.8 Å². The molecule has 0 spiro atoms. The first-order chi connectivity index (χ1) is 10.2. The van der Waals surface area contributed by atoms with Gasteiger partial charge in [-0.05, 0) is 37.4 Å². The van der Waals surface area contributed by atoms with Crippen LogP contribution in [0.25, 0.3) is 0 Å². The van der Waals surface area contributed by atoms with E-state index in [2.05, 4.69) is 36.9 Å². The number of fused-ring (bicyclic) bond motifs is 1. The molecule has 1 fully saturated rings. The molecule has 0 aromatic heterocycles. The molecule has 0 aliphatic carbocycles. The number of hydrogen-bond donors (Lipinski definition) is 1. The molecule has 0 amide bonds. The third-order valence-corrected chi connectivity index (χ3v) is 4.81. The highest BCUT2D eigenvalue weighted by Gasteiger charge is 2.35. The van der Waals surface area contributed by atoms with Crippen molar-refractivity contribution in [1.82, 2.24) is 4.90 Å². The Labute approximate surface area is 127 Å². The molecule has 3 nitrogen and oxygen atoms in total. The predicted octanol–water partition coefficient (Wildman–Crippen LogP) is 3.48. The van der Waals surface area contributed by atoms with Crippen LogP contribution in [0.2, 0.25) is 0 Å². The summed E-state index contributed by atoms with van der Waals surface area (Å²) in [6.45, 7) is 6.99. The molecule has 2 unspecified atom stereocenters. The summed E-state index contributed by atoms with van der Waals surface area (Å²) in [4.78, 5) is 2.48. The van der Waals surface area contributed by atoms with Crippen molar-refractivity contribution in [2.75, 3.05) is 19.7 Å². The summed E-state index contributed by atoms with van der Waals surface area (Å²) in [5.74, 6) is 1.46. The van der Waals surface area contributed by atoms with Crippen LogP contribution in [0, 0.1) is 0 Å². The molecule has 1 saturated heterocycles. The van der Waals surface area contributed by atoms with Crippen molar-refractivity contribution in [2.24, 2.45) is 0 Å². The molecule has 2 heterocycles. The fourth-order valence-electron chi connectivity index (χ4n) is 3.71. The maximum absolute atomic E-state index is 10.5. The Morgan fingerprint density at radius 2 is 1.86 bits per heavy atom. The molecule has 116 valence electrons. The minimum Gasteiger partial charge on any atom is -0.490 e. The number of nitrogens with zero attached hydrogens (tertiary/aromatic N) is 1. The molecule has 3 heteroatoms. The van der Waals surface area contributed by atoms with Gasteiger partial charge in [0.25, 0.3) is 0 Å². The number of rotatable bonds is 2. The van der Waals surface area contributed by atoms with Gasteiger partial charge in [0.15, 0.2) is 0 Å². The van der Waals surface area contributed by atoms with Gasteiger partial charge in [-0.15, -0.1) is 0 Å². The fraction of sp³-hybridized carbons (Fsp3) is 0.667. The van der Waals surface area contributed by atoms with E-state index in [1.807, 2.05) is 0 Å². The maximum atomic E-state index is 10.5. The monoisotopic (exact) mass is 289 g/mol. The summed E-state index contributed by atoms with van der Waals surface area (Å²) in [5, 5.41) is 10.5. The van der Waals surface area contributed by atoms with Gasteiger partial charge < -0.3 is 9.84 Å². The molecule has 1 N–H and O–H groups in total. The molecule has 2 atom stereocenters. The van der Waals surface area contributed by atoms with Gasteiger partial charge in [-0.25, -0.2) is 0 Å². The summed E-state index contributed by atoms with van der Waals surface area (Å²) in [6.07, 6.45) is 4.69. The number of aliphatic hydroxyl groups is 1. The zero-order chi connectivity index (χ0) is 14.8. The highest BCUT2D eigenvalue weighted by molar-refractivity contribution is 5.46. The van der Waals surface area contributed by atoms with Crippen molar-refractivity contribution >= 4 is 0 Å². The Morgan fingerprint density at radius 1 is 1.14 bits per heavy atom. The zero-order valence-electron chi connectivity index (χ0n) is 13.2. The topological polar surface area (TPSA) is 32.7 Å². The lowest BCUT2D eigenvalue weighted by atomic mass is 9.91. The Morgan fingerprint density at radius 3 is 2.52 bits per heavy atom. The minimum atomic E-state index is -0.419. The van der Waals surface area contributed by atoms with E-state index < -0.39 is 6.10 Å². The van der Waals surface area contributed by atoms with Gasteiger partial charge in [0.05, 0.1) is 6.04 Å². The summed E-state index contributed by atoms with van der Waals surface area (Å²) < 4.78 is 5.90. The Kier molecular flexibility index (Phi) is 4.51. The van der Waals surface area contributed by atoms with Crippen molar-refractivity contribution < 1.29 is 9.84 Å². The number of aliphatic hydroxyl groups excluding tert-OH is 1. The van der Waals surface area contributed by atoms with E-state index in [4.69, 9.17) is 4.74 Å². The second-order valence-corrected chi connectivity index (χ2v) is 6.69. The smallest absolute Gasteiger partial charge is 0.127 e. The van der Waals surface area contributed by atoms with Crippen molar-refractivity contribution in [3.8, 4) is 5.75 Å². The molecular formula is C18H27NO2. The van der Waals surface area contributed by atoms with Gasteiger partial charge >= 0.3 is 0 Å².